The van der Waals surface area contributed by atoms with E-state index in [0.717, 1.165) is 34.1 Å². The van der Waals surface area contributed by atoms with E-state index in [-0.39, 0.29) is 0 Å². The van der Waals surface area contributed by atoms with E-state index in [1.807, 2.05) is 30.3 Å². The van der Waals surface area contributed by atoms with Gasteiger partial charge in [-0.05, 0) is 48.6 Å². The van der Waals surface area contributed by atoms with Gasteiger partial charge in [0.15, 0.2) is 0 Å². The number of hydrogen-bond acceptors (Lipinski definition) is 1. The van der Waals surface area contributed by atoms with Crippen molar-refractivity contribution in [3.05, 3.63) is 59.7 Å². The molecule has 0 nitrogen and oxygen atoms in total. The third kappa shape index (κ3) is 4.77. The van der Waals surface area contributed by atoms with Crippen LogP contribution in [0.5, 0.6) is 0 Å². The first-order valence-electron chi connectivity index (χ1n) is 7.95. The standard InChI is InChI=1S/C19H19F3S/c20-19(21,22)16-12-11-15(6-4-5-14-9-10-14)18(13-16)23-17-7-2-1-3-8-17/h1-3,7-8,11-14H,4-6,9-10H2. The molecule has 0 atom stereocenters. The van der Waals surface area contributed by atoms with Crippen LogP contribution in [0.2, 0.25) is 0 Å². The highest BCUT2D eigenvalue weighted by atomic mass is 32.2. The number of hydrogen-bond donors (Lipinski definition) is 0. The second kappa shape index (κ2) is 7.00. The predicted molar refractivity (Wildman–Crippen MR) is 87.7 cm³/mol. The summed E-state index contributed by atoms with van der Waals surface area (Å²) in [6.07, 6.45) is 1.44. The van der Waals surface area contributed by atoms with Gasteiger partial charge in [-0.2, -0.15) is 13.2 Å². The fraction of sp³-hybridized carbons (Fsp3) is 0.368. The van der Waals surface area contributed by atoms with Gasteiger partial charge in [0.1, 0.15) is 0 Å². The molecule has 3 rings (SSSR count). The van der Waals surface area contributed by atoms with Gasteiger partial charge in [0, 0.05) is 9.79 Å². The lowest BCUT2D eigenvalue weighted by Crippen LogP contribution is -2.05. The lowest BCUT2D eigenvalue weighted by Gasteiger charge is -2.13. The van der Waals surface area contributed by atoms with E-state index >= 15 is 0 Å². The highest BCUT2D eigenvalue weighted by Crippen LogP contribution is 2.38. The quantitative estimate of drug-likeness (QED) is 0.573. The van der Waals surface area contributed by atoms with Crippen molar-refractivity contribution in [2.24, 2.45) is 5.92 Å². The Balaban J connectivity index is 1.80. The van der Waals surface area contributed by atoms with Gasteiger partial charge < -0.3 is 0 Å². The molecule has 1 aliphatic rings. The van der Waals surface area contributed by atoms with Crippen LogP contribution < -0.4 is 0 Å². The first-order valence-corrected chi connectivity index (χ1v) is 8.77. The average molecular weight is 336 g/mol. The maximum Gasteiger partial charge on any atom is 0.416 e. The molecule has 1 aliphatic carbocycles. The highest BCUT2D eigenvalue weighted by molar-refractivity contribution is 7.99. The number of rotatable bonds is 6. The molecule has 0 saturated heterocycles. The molecular formula is C19H19F3S. The molecule has 23 heavy (non-hydrogen) atoms. The maximum atomic E-state index is 13.0. The zero-order valence-electron chi connectivity index (χ0n) is 12.8. The van der Waals surface area contributed by atoms with Crippen molar-refractivity contribution in [2.45, 2.75) is 48.1 Å². The Kier molecular flexibility index (Phi) is 5.00. The van der Waals surface area contributed by atoms with Crippen LogP contribution in [0, 0.1) is 5.92 Å². The Hall–Kier alpha value is -1.42. The summed E-state index contributed by atoms with van der Waals surface area (Å²) < 4.78 is 39.0. The van der Waals surface area contributed by atoms with Crippen molar-refractivity contribution >= 4 is 11.8 Å². The normalized spacial score (nSPS) is 14.9. The SMILES string of the molecule is FC(F)(F)c1ccc(CCCC2CC2)c(Sc2ccccc2)c1. The van der Waals surface area contributed by atoms with E-state index in [0.29, 0.717) is 0 Å². The van der Waals surface area contributed by atoms with Crippen LogP contribution in [-0.2, 0) is 12.6 Å². The van der Waals surface area contributed by atoms with E-state index in [1.54, 1.807) is 6.07 Å². The van der Waals surface area contributed by atoms with Crippen molar-refractivity contribution < 1.29 is 13.2 Å². The Morgan fingerprint density at radius 3 is 2.39 bits per heavy atom. The van der Waals surface area contributed by atoms with E-state index in [9.17, 15) is 13.2 Å². The first-order chi connectivity index (χ1) is 11.0. The van der Waals surface area contributed by atoms with Crippen molar-refractivity contribution in [1.82, 2.24) is 0 Å². The molecule has 0 N–H and O–H groups in total. The zero-order chi connectivity index (χ0) is 16.3. The van der Waals surface area contributed by atoms with Crippen LogP contribution in [0.25, 0.3) is 0 Å². The summed E-state index contributed by atoms with van der Waals surface area (Å²) >= 11 is 1.42. The van der Waals surface area contributed by atoms with Crippen molar-refractivity contribution in [3.63, 3.8) is 0 Å². The summed E-state index contributed by atoms with van der Waals surface area (Å²) in [5, 5.41) is 0. The molecule has 1 fully saturated rings. The Morgan fingerprint density at radius 1 is 1.00 bits per heavy atom. The summed E-state index contributed by atoms with van der Waals surface area (Å²) in [7, 11) is 0. The fourth-order valence-electron chi connectivity index (χ4n) is 2.64. The summed E-state index contributed by atoms with van der Waals surface area (Å²) in [6, 6.07) is 13.7. The number of benzene rings is 2. The van der Waals surface area contributed by atoms with Gasteiger partial charge in [-0.15, -0.1) is 0 Å². The largest absolute Gasteiger partial charge is 0.416 e. The smallest absolute Gasteiger partial charge is 0.166 e. The van der Waals surface area contributed by atoms with Crippen LogP contribution in [0.15, 0.2) is 58.3 Å². The molecule has 1 saturated carbocycles. The zero-order valence-corrected chi connectivity index (χ0v) is 13.6. The fourth-order valence-corrected chi connectivity index (χ4v) is 3.67. The number of aryl methyl sites for hydroxylation is 1. The highest BCUT2D eigenvalue weighted by Gasteiger charge is 2.31. The lowest BCUT2D eigenvalue weighted by atomic mass is 10.0. The first kappa shape index (κ1) is 16.4. The maximum absolute atomic E-state index is 13.0. The summed E-state index contributed by atoms with van der Waals surface area (Å²) in [6.45, 7) is 0. The second-order valence-corrected chi connectivity index (χ2v) is 7.19. The van der Waals surface area contributed by atoms with Crippen LogP contribution >= 0.6 is 11.8 Å². The third-order valence-electron chi connectivity index (χ3n) is 4.12. The molecule has 2 aromatic carbocycles. The molecule has 4 heteroatoms. The Bertz CT molecular complexity index is 645. The van der Waals surface area contributed by atoms with E-state index in [2.05, 4.69) is 0 Å². The molecule has 0 aromatic heterocycles. The van der Waals surface area contributed by atoms with Crippen LogP contribution in [0.1, 0.15) is 36.8 Å². The molecule has 2 aromatic rings. The molecule has 122 valence electrons. The molecule has 0 bridgehead atoms. The number of halogens is 3. The van der Waals surface area contributed by atoms with Crippen LogP contribution in [0.4, 0.5) is 13.2 Å². The predicted octanol–water partition coefficient (Wildman–Crippen LogP) is 6.59. The molecule has 0 amide bonds. The molecule has 0 unspecified atom stereocenters. The molecule has 0 radical (unpaired) electrons. The summed E-state index contributed by atoms with van der Waals surface area (Å²) in [4.78, 5) is 1.69. The Labute approximate surface area is 139 Å². The minimum atomic E-state index is -4.29. The van der Waals surface area contributed by atoms with Crippen molar-refractivity contribution in [1.29, 1.82) is 0 Å². The van der Waals surface area contributed by atoms with Gasteiger partial charge in [0.05, 0.1) is 5.56 Å². The van der Waals surface area contributed by atoms with E-state index in [1.165, 1.54) is 43.2 Å². The molecule has 0 aliphatic heterocycles. The van der Waals surface area contributed by atoms with Crippen molar-refractivity contribution in [3.8, 4) is 0 Å². The second-order valence-electron chi connectivity index (χ2n) is 6.07. The van der Waals surface area contributed by atoms with Gasteiger partial charge in [-0.1, -0.05) is 55.3 Å². The van der Waals surface area contributed by atoms with E-state index < -0.39 is 11.7 Å². The summed E-state index contributed by atoms with van der Waals surface area (Å²) in [5.74, 6) is 0.856. The minimum absolute atomic E-state index is 0.568. The number of alkyl halides is 3. The van der Waals surface area contributed by atoms with Gasteiger partial charge >= 0.3 is 6.18 Å². The summed E-state index contributed by atoms with van der Waals surface area (Å²) in [5.41, 5.74) is 0.453. The van der Waals surface area contributed by atoms with E-state index in [4.69, 9.17) is 0 Å². The molecule has 0 spiro atoms. The van der Waals surface area contributed by atoms with Gasteiger partial charge in [-0.3, -0.25) is 0 Å². The van der Waals surface area contributed by atoms with Crippen LogP contribution in [0.3, 0.4) is 0 Å². The van der Waals surface area contributed by atoms with Gasteiger partial charge in [0.25, 0.3) is 0 Å². The minimum Gasteiger partial charge on any atom is -0.166 e. The van der Waals surface area contributed by atoms with Crippen molar-refractivity contribution in [2.75, 3.05) is 0 Å². The topological polar surface area (TPSA) is 0 Å². The van der Waals surface area contributed by atoms with Crippen LogP contribution in [-0.4, -0.2) is 0 Å². The molecular weight excluding hydrogens is 317 g/mol. The average Bonchev–Trinajstić information content (AvgIpc) is 3.33. The third-order valence-corrected chi connectivity index (χ3v) is 5.23. The Morgan fingerprint density at radius 2 is 1.74 bits per heavy atom. The molecule has 0 heterocycles. The lowest BCUT2D eigenvalue weighted by molar-refractivity contribution is -0.137. The monoisotopic (exact) mass is 336 g/mol. The van der Waals surface area contributed by atoms with Gasteiger partial charge in [-0.25, -0.2) is 0 Å². The van der Waals surface area contributed by atoms with Gasteiger partial charge in [0.2, 0.25) is 0 Å².